The van der Waals surface area contributed by atoms with E-state index in [-0.39, 0.29) is 18.5 Å². The van der Waals surface area contributed by atoms with E-state index in [1.54, 1.807) is 21.3 Å². The number of nitrogens with zero attached hydrogens (tertiary/aromatic N) is 3. The third kappa shape index (κ3) is 5.20. The number of ether oxygens (including phenoxy) is 3. The Morgan fingerprint density at radius 2 is 1.58 bits per heavy atom. The molecule has 2 saturated heterocycles. The van der Waals surface area contributed by atoms with Crippen LogP contribution in [0.2, 0.25) is 0 Å². The van der Waals surface area contributed by atoms with Gasteiger partial charge < -0.3 is 19.1 Å². The molecular weight excluding hydrogens is 458 g/mol. The van der Waals surface area contributed by atoms with Crippen LogP contribution in [0.15, 0.2) is 42.5 Å². The summed E-state index contributed by atoms with van der Waals surface area (Å²) in [5, 5.41) is 0. The van der Waals surface area contributed by atoms with Gasteiger partial charge in [0.05, 0.1) is 20.8 Å². The molecule has 3 amide bonds. The first-order chi connectivity index (χ1) is 17.4. The highest BCUT2D eigenvalue weighted by Gasteiger charge is 2.57. The van der Waals surface area contributed by atoms with Gasteiger partial charge in [-0.25, -0.2) is 4.79 Å². The number of benzene rings is 2. The van der Waals surface area contributed by atoms with Crippen LogP contribution in [-0.4, -0.2) is 79.7 Å². The minimum atomic E-state index is -0.788. The van der Waals surface area contributed by atoms with Gasteiger partial charge in [-0.05, 0) is 61.1 Å². The molecule has 0 aliphatic carbocycles. The predicted octanol–water partition coefficient (Wildman–Crippen LogP) is 3.85. The molecule has 0 radical (unpaired) electrons. The van der Waals surface area contributed by atoms with Crippen molar-refractivity contribution in [1.82, 2.24) is 14.7 Å². The van der Waals surface area contributed by atoms with Crippen molar-refractivity contribution < 1.29 is 23.8 Å². The smallest absolute Gasteiger partial charge is 0.327 e. The number of rotatable bonds is 10. The minimum Gasteiger partial charge on any atom is -0.497 e. The molecule has 2 fully saturated rings. The average Bonchev–Trinajstić information content (AvgIpc) is 3.07. The highest BCUT2D eigenvalue weighted by Crippen LogP contribution is 2.38. The molecule has 0 unspecified atom stereocenters. The van der Waals surface area contributed by atoms with E-state index < -0.39 is 5.54 Å². The van der Waals surface area contributed by atoms with Crippen molar-refractivity contribution >= 4 is 11.9 Å². The predicted molar refractivity (Wildman–Crippen MR) is 137 cm³/mol. The first kappa shape index (κ1) is 26.0. The summed E-state index contributed by atoms with van der Waals surface area (Å²) in [6.45, 7) is 5.68. The monoisotopic (exact) mass is 495 g/mol. The quantitative estimate of drug-likeness (QED) is 0.368. The lowest BCUT2D eigenvalue weighted by molar-refractivity contribution is -0.136. The standard InChI is InChI=1S/C28H37N3O5/c1-21-18-23(8-11-25(21)36-4)19-29-15-12-28(13-16-29)26(32)30(27(33)31(28)14-5-17-34-2)20-22-6-9-24(35-3)10-7-22/h6-11,18H,5,12-17,19-20H2,1-4H3. The summed E-state index contributed by atoms with van der Waals surface area (Å²) in [4.78, 5) is 32.9. The molecule has 0 N–H and O–H groups in total. The number of methoxy groups -OCH3 is 3. The van der Waals surface area contributed by atoms with Crippen molar-refractivity contribution in [2.24, 2.45) is 0 Å². The van der Waals surface area contributed by atoms with E-state index >= 15 is 0 Å². The van der Waals surface area contributed by atoms with Gasteiger partial charge in [0.1, 0.15) is 17.0 Å². The molecule has 2 aromatic carbocycles. The summed E-state index contributed by atoms with van der Waals surface area (Å²) in [6, 6.07) is 13.6. The van der Waals surface area contributed by atoms with Crippen molar-refractivity contribution in [2.75, 3.05) is 47.6 Å². The zero-order valence-electron chi connectivity index (χ0n) is 21.8. The number of carbonyl (C=O) groups is 2. The van der Waals surface area contributed by atoms with Crippen molar-refractivity contribution in [2.45, 2.75) is 44.8 Å². The fourth-order valence-corrected chi connectivity index (χ4v) is 5.37. The van der Waals surface area contributed by atoms with Crippen LogP contribution in [0.4, 0.5) is 4.79 Å². The van der Waals surface area contributed by atoms with Crippen LogP contribution in [-0.2, 0) is 22.6 Å². The molecule has 8 heteroatoms. The molecule has 4 rings (SSSR count). The van der Waals surface area contributed by atoms with Crippen molar-refractivity contribution in [3.05, 3.63) is 59.2 Å². The number of hydrogen-bond donors (Lipinski definition) is 0. The van der Waals surface area contributed by atoms with Gasteiger partial charge in [0.2, 0.25) is 0 Å². The minimum absolute atomic E-state index is 0.0827. The van der Waals surface area contributed by atoms with E-state index in [4.69, 9.17) is 14.2 Å². The molecule has 2 heterocycles. The number of hydrogen-bond acceptors (Lipinski definition) is 6. The lowest BCUT2D eigenvalue weighted by Crippen LogP contribution is -2.56. The van der Waals surface area contributed by atoms with Gasteiger partial charge >= 0.3 is 6.03 Å². The van der Waals surface area contributed by atoms with Gasteiger partial charge in [0.15, 0.2) is 0 Å². The first-order valence-electron chi connectivity index (χ1n) is 12.5. The molecule has 2 aliphatic heterocycles. The highest BCUT2D eigenvalue weighted by atomic mass is 16.5. The number of aryl methyl sites for hydroxylation is 1. The topological polar surface area (TPSA) is 71.6 Å². The summed E-state index contributed by atoms with van der Waals surface area (Å²) in [6.07, 6.45) is 1.94. The lowest BCUT2D eigenvalue weighted by Gasteiger charge is -2.42. The molecule has 8 nitrogen and oxygen atoms in total. The zero-order valence-corrected chi connectivity index (χ0v) is 21.8. The highest BCUT2D eigenvalue weighted by molar-refractivity contribution is 6.07. The Morgan fingerprint density at radius 3 is 2.19 bits per heavy atom. The molecule has 194 valence electrons. The Labute approximate surface area is 213 Å². The Balaban J connectivity index is 1.48. The Morgan fingerprint density at radius 1 is 0.889 bits per heavy atom. The van der Waals surface area contributed by atoms with Gasteiger partial charge in [-0.3, -0.25) is 14.6 Å². The fourth-order valence-electron chi connectivity index (χ4n) is 5.37. The van der Waals surface area contributed by atoms with Crippen LogP contribution < -0.4 is 9.47 Å². The Kier molecular flexibility index (Phi) is 8.16. The summed E-state index contributed by atoms with van der Waals surface area (Å²) in [5.74, 6) is 1.55. The van der Waals surface area contributed by atoms with E-state index in [1.165, 1.54) is 10.5 Å². The normalized spacial score (nSPS) is 17.8. The number of urea groups is 1. The lowest BCUT2D eigenvalue weighted by atomic mass is 9.85. The van der Waals surface area contributed by atoms with Gasteiger partial charge in [-0.2, -0.15) is 0 Å². The van der Waals surface area contributed by atoms with E-state index in [1.807, 2.05) is 42.2 Å². The molecule has 1 spiro atoms. The number of carbonyl (C=O) groups excluding carboxylic acids is 2. The number of amides is 3. The Hall–Kier alpha value is -3.10. The second-order valence-corrected chi connectivity index (χ2v) is 9.63. The maximum absolute atomic E-state index is 13.8. The Bertz CT molecular complexity index is 1060. The number of piperidine rings is 1. The van der Waals surface area contributed by atoms with Crippen molar-refractivity contribution in [1.29, 1.82) is 0 Å². The second kappa shape index (κ2) is 11.3. The first-order valence-corrected chi connectivity index (χ1v) is 12.5. The molecule has 0 atom stereocenters. The summed E-state index contributed by atoms with van der Waals surface area (Å²) >= 11 is 0. The maximum Gasteiger partial charge on any atom is 0.327 e. The van der Waals surface area contributed by atoms with Crippen molar-refractivity contribution in [3.8, 4) is 11.5 Å². The van der Waals surface area contributed by atoms with E-state index in [9.17, 15) is 9.59 Å². The number of likely N-dealkylation sites (tertiary alicyclic amines) is 1. The third-order valence-electron chi connectivity index (χ3n) is 7.40. The third-order valence-corrected chi connectivity index (χ3v) is 7.40. The van der Waals surface area contributed by atoms with E-state index in [0.717, 1.165) is 42.3 Å². The summed E-state index contributed by atoms with van der Waals surface area (Å²) in [5.41, 5.74) is 2.44. The van der Waals surface area contributed by atoms with Crippen LogP contribution in [0.3, 0.4) is 0 Å². The van der Waals surface area contributed by atoms with Gasteiger partial charge in [-0.15, -0.1) is 0 Å². The summed E-state index contributed by atoms with van der Waals surface area (Å²) < 4.78 is 15.8. The van der Waals surface area contributed by atoms with E-state index in [0.29, 0.717) is 32.4 Å². The number of imide groups is 1. The fraction of sp³-hybridized carbons (Fsp3) is 0.500. The van der Waals surface area contributed by atoms with Crippen LogP contribution in [0.1, 0.15) is 36.0 Å². The van der Waals surface area contributed by atoms with Crippen LogP contribution in [0.25, 0.3) is 0 Å². The average molecular weight is 496 g/mol. The largest absolute Gasteiger partial charge is 0.497 e. The summed E-state index contributed by atoms with van der Waals surface area (Å²) in [7, 11) is 4.96. The van der Waals surface area contributed by atoms with Gasteiger partial charge in [-0.1, -0.05) is 24.3 Å². The van der Waals surface area contributed by atoms with Crippen LogP contribution >= 0.6 is 0 Å². The maximum atomic E-state index is 13.8. The molecular formula is C28H37N3O5. The molecule has 2 aromatic rings. The van der Waals surface area contributed by atoms with Gasteiger partial charge in [0, 0.05) is 39.9 Å². The van der Waals surface area contributed by atoms with Crippen molar-refractivity contribution in [3.63, 3.8) is 0 Å². The molecule has 0 saturated carbocycles. The molecule has 36 heavy (non-hydrogen) atoms. The second-order valence-electron chi connectivity index (χ2n) is 9.63. The van der Waals surface area contributed by atoms with Gasteiger partial charge in [0.25, 0.3) is 5.91 Å². The molecule has 0 aromatic heterocycles. The van der Waals surface area contributed by atoms with Crippen LogP contribution in [0.5, 0.6) is 11.5 Å². The zero-order chi connectivity index (χ0) is 25.7. The van der Waals surface area contributed by atoms with Crippen LogP contribution in [0, 0.1) is 6.92 Å². The molecule has 2 aliphatic rings. The molecule has 0 bridgehead atoms. The SMILES string of the molecule is COCCCN1C(=O)N(Cc2ccc(OC)cc2)C(=O)C12CCN(Cc1ccc(OC)c(C)c1)CC2. The van der Waals surface area contributed by atoms with E-state index in [2.05, 4.69) is 17.0 Å².